The highest BCUT2D eigenvalue weighted by Crippen LogP contribution is 2.26. The molecule has 2 N–H and O–H groups in total. The number of nitrogens with zero attached hydrogens (tertiary/aromatic N) is 1. The molecule has 6 nitrogen and oxygen atoms in total. The van der Waals surface area contributed by atoms with E-state index >= 15 is 0 Å². The van der Waals surface area contributed by atoms with Crippen LogP contribution >= 0.6 is 0 Å². The van der Waals surface area contributed by atoms with E-state index in [1.807, 2.05) is 0 Å². The van der Waals surface area contributed by atoms with Gasteiger partial charge in [0.1, 0.15) is 17.4 Å². The van der Waals surface area contributed by atoms with Crippen molar-refractivity contribution in [3.8, 4) is 0 Å². The molecule has 1 aliphatic rings. The van der Waals surface area contributed by atoms with Gasteiger partial charge < -0.3 is 20.1 Å². The van der Waals surface area contributed by atoms with Crippen LogP contribution in [0.4, 0.5) is 10.1 Å². The summed E-state index contributed by atoms with van der Waals surface area (Å²) in [5.74, 6) is -2.48. The van der Waals surface area contributed by atoms with Crippen LogP contribution in [0.1, 0.15) is 10.4 Å². The third-order valence-corrected chi connectivity index (χ3v) is 3.19. The lowest BCUT2D eigenvalue weighted by Crippen LogP contribution is -2.53. The van der Waals surface area contributed by atoms with Crippen molar-refractivity contribution in [1.82, 2.24) is 5.32 Å². The molecule has 1 heterocycles. The van der Waals surface area contributed by atoms with Crippen molar-refractivity contribution < 1.29 is 23.8 Å². The SMILES string of the molecule is CNC(=O)C1COCCN1c1cccc(F)c1C(=O)O. The minimum absolute atomic E-state index is 0.134. The molecule has 0 radical (unpaired) electrons. The number of likely N-dealkylation sites (N-methyl/N-ethyl adjacent to an activating group) is 1. The quantitative estimate of drug-likeness (QED) is 0.843. The average molecular weight is 282 g/mol. The molecule has 0 spiro atoms. The summed E-state index contributed by atoms with van der Waals surface area (Å²) < 4.78 is 19.0. The fraction of sp³-hybridized carbons (Fsp3) is 0.385. The van der Waals surface area contributed by atoms with Gasteiger partial charge in [0.2, 0.25) is 5.91 Å². The monoisotopic (exact) mass is 282 g/mol. The van der Waals surface area contributed by atoms with Crippen molar-refractivity contribution in [2.24, 2.45) is 0 Å². The number of anilines is 1. The number of hydrogen-bond donors (Lipinski definition) is 2. The van der Waals surface area contributed by atoms with E-state index in [0.29, 0.717) is 13.2 Å². The fourth-order valence-corrected chi connectivity index (χ4v) is 2.24. The number of carboxylic acid groups (broad SMARTS) is 1. The number of rotatable bonds is 3. The van der Waals surface area contributed by atoms with Gasteiger partial charge in [-0.3, -0.25) is 4.79 Å². The largest absolute Gasteiger partial charge is 0.478 e. The van der Waals surface area contributed by atoms with Gasteiger partial charge >= 0.3 is 5.97 Å². The summed E-state index contributed by atoms with van der Waals surface area (Å²) in [6.45, 7) is 0.806. The number of benzene rings is 1. The molecule has 1 aromatic rings. The number of hydrogen-bond acceptors (Lipinski definition) is 4. The Balaban J connectivity index is 2.45. The van der Waals surface area contributed by atoms with E-state index in [1.54, 1.807) is 4.90 Å². The summed E-state index contributed by atoms with van der Waals surface area (Å²) in [6.07, 6.45) is 0. The van der Waals surface area contributed by atoms with Gasteiger partial charge in [0, 0.05) is 13.6 Å². The van der Waals surface area contributed by atoms with E-state index in [2.05, 4.69) is 5.32 Å². The van der Waals surface area contributed by atoms with Crippen molar-refractivity contribution in [2.45, 2.75) is 6.04 Å². The molecule has 1 fully saturated rings. The van der Waals surface area contributed by atoms with Crippen molar-refractivity contribution in [2.75, 3.05) is 31.7 Å². The van der Waals surface area contributed by atoms with Gasteiger partial charge in [0.25, 0.3) is 0 Å². The van der Waals surface area contributed by atoms with Crippen LogP contribution in [-0.2, 0) is 9.53 Å². The Kier molecular flexibility index (Phi) is 4.19. The van der Waals surface area contributed by atoms with Crippen LogP contribution in [0.5, 0.6) is 0 Å². The minimum Gasteiger partial charge on any atom is -0.478 e. The molecule has 0 aliphatic carbocycles. The molecular weight excluding hydrogens is 267 g/mol. The van der Waals surface area contributed by atoms with E-state index in [1.165, 1.54) is 19.2 Å². The Morgan fingerprint density at radius 3 is 2.90 bits per heavy atom. The van der Waals surface area contributed by atoms with Gasteiger partial charge in [-0.2, -0.15) is 0 Å². The number of nitrogens with one attached hydrogen (secondary N) is 1. The average Bonchev–Trinajstić information content (AvgIpc) is 2.45. The lowest BCUT2D eigenvalue weighted by atomic mass is 10.1. The van der Waals surface area contributed by atoms with Crippen LogP contribution < -0.4 is 10.2 Å². The Morgan fingerprint density at radius 1 is 1.50 bits per heavy atom. The molecule has 1 unspecified atom stereocenters. The predicted molar refractivity (Wildman–Crippen MR) is 69.4 cm³/mol. The molecule has 0 aromatic heterocycles. The molecule has 1 aliphatic heterocycles. The molecule has 1 saturated heterocycles. The maximum atomic E-state index is 13.7. The first-order valence-electron chi connectivity index (χ1n) is 6.14. The number of halogens is 1. The zero-order valence-corrected chi connectivity index (χ0v) is 10.9. The smallest absolute Gasteiger partial charge is 0.340 e. The van der Waals surface area contributed by atoms with Crippen molar-refractivity contribution in [3.63, 3.8) is 0 Å². The van der Waals surface area contributed by atoms with Crippen LogP contribution in [0, 0.1) is 5.82 Å². The van der Waals surface area contributed by atoms with Crippen molar-refractivity contribution in [3.05, 3.63) is 29.6 Å². The molecular formula is C13H15FN2O4. The summed E-state index contributed by atoms with van der Waals surface area (Å²) in [5.41, 5.74) is -0.238. The summed E-state index contributed by atoms with van der Waals surface area (Å²) in [7, 11) is 1.48. The molecule has 1 aromatic carbocycles. The normalized spacial score (nSPS) is 18.7. The second-order valence-electron chi connectivity index (χ2n) is 4.34. The van der Waals surface area contributed by atoms with Gasteiger partial charge in [0.15, 0.2) is 0 Å². The lowest BCUT2D eigenvalue weighted by Gasteiger charge is -2.36. The van der Waals surface area contributed by atoms with Gasteiger partial charge in [-0.15, -0.1) is 0 Å². The summed E-state index contributed by atoms with van der Waals surface area (Å²) in [4.78, 5) is 24.6. The Hall–Kier alpha value is -2.15. The zero-order chi connectivity index (χ0) is 14.7. The number of carboxylic acids is 1. The molecule has 20 heavy (non-hydrogen) atoms. The number of ether oxygens (including phenoxy) is 1. The van der Waals surface area contributed by atoms with Gasteiger partial charge in [-0.25, -0.2) is 9.18 Å². The number of carbonyl (C=O) groups is 2. The Labute approximate surface area is 115 Å². The van der Waals surface area contributed by atoms with Crippen LogP contribution in [0.15, 0.2) is 18.2 Å². The highest BCUT2D eigenvalue weighted by molar-refractivity contribution is 5.96. The summed E-state index contributed by atoms with van der Waals surface area (Å²) in [6, 6.07) is 3.33. The number of morpholine rings is 1. The van der Waals surface area contributed by atoms with E-state index in [9.17, 15) is 14.0 Å². The first kappa shape index (κ1) is 14.3. The van der Waals surface area contributed by atoms with Crippen LogP contribution in [0.2, 0.25) is 0 Å². The number of carbonyl (C=O) groups excluding carboxylic acids is 1. The standard InChI is InChI=1S/C13H15FN2O4/c1-15-12(17)10-7-20-6-5-16(10)9-4-2-3-8(14)11(9)13(18)19/h2-4,10H,5-7H2,1H3,(H,15,17)(H,18,19). The third kappa shape index (κ3) is 2.57. The fourth-order valence-electron chi connectivity index (χ4n) is 2.24. The molecule has 108 valence electrons. The molecule has 2 rings (SSSR count). The van der Waals surface area contributed by atoms with Gasteiger partial charge in [0.05, 0.1) is 18.9 Å². The zero-order valence-electron chi connectivity index (χ0n) is 10.9. The first-order chi connectivity index (χ1) is 9.56. The van der Waals surface area contributed by atoms with Crippen LogP contribution in [0.25, 0.3) is 0 Å². The van der Waals surface area contributed by atoms with Crippen molar-refractivity contribution >= 4 is 17.6 Å². The third-order valence-electron chi connectivity index (χ3n) is 3.19. The first-order valence-corrected chi connectivity index (χ1v) is 6.14. The highest BCUT2D eigenvalue weighted by atomic mass is 19.1. The lowest BCUT2D eigenvalue weighted by molar-refractivity contribution is -0.124. The van der Waals surface area contributed by atoms with Gasteiger partial charge in [-0.1, -0.05) is 6.07 Å². The van der Waals surface area contributed by atoms with E-state index in [4.69, 9.17) is 9.84 Å². The Morgan fingerprint density at radius 2 is 2.25 bits per heavy atom. The van der Waals surface area contributed by atoms with Crippen LogP contribution in [-0.4, -0.2) is 49.8 Å². The highest BCUT2D eigenvalue weighted by Gasteiger charge is 2.32. The summed E-state index contributed by atoms with van der Waals surface area (Å²) in [5, 5.41) is 11.7. The minimum atomic E-state index is -1.36. The summed E-state index contributed by atoms with van der Waals surface area (Å²) >= 11 is 0. The molecule has 0 bridgehead atoms. The second-order valence-corrected chi connectivity index (χ2v) is 4.34. The van der Waals surface area contributed by atoms with E-state index in [-0.39, 0.29) is 18.2 Å². The van der Waals surface area contributed by atoms with Gasteiger partial charge in [-0.05, 0) is 12.1 Å². The molecule has 0 saturated carbocycles. The topological polar surface area (TPSA) is 78.9 Å². The maximum absolute atomic E-state index is 13.7. The number of aromatic carboxylic acids is 1. The van der Waals surface area contributed by atoms with E-state index in [0.717, 1.165) is 6.07 Å². The van der Waals surface area contributed by atoms with E-state index < -0.39 is 23.4 Å². The molecule has 7 heteroatoms. The van der Waals surface area contributed by atoms with Crippen LogP contribution in [0.3, 0.4) is 0 Å². The second kappa shape index (κ2) is 5.87. The van der Waals surface area contributed by atoms with Crippen molar-refractivity contribution in [1.29, 1.82) is 0 Å². The predicted octanol–water partition coefficient (Wildman–Crippen LogP) is 0.475. The number of amides is 1. The molecule has 1 amide bonds. The molecule has 1 atom stereocenters. The maximum Gasteiger partial charge on any atom is 0.340 e. The Bertz CT molecular complexity index is 535.